The molecular formula is C27H25BrN2O3. The summed E-state index contributed by atoms with van der Waals surface area (Å²) in [5, 5.41) is 6.76. The molecule has 0 bridgehead atoms. The number of amides is 1. The van der Waals surface area contributed by atoms with Gasteiger partial charge < -0.3 is 14.6 Å². The van der Waals surface area contributed by atoms with Crippen LogP contribution >= 0.6 is 15.9 Å². The number of ether oxygens (including phenoxy) is 1. The lowest BCUT2D eigenvalue weighted by Gasteiger charge is -2.12. The van der Waals surface area contributed by atoms with E-state index in [1.54, 1.807) is 0 Å². The maximum Gasteiger partial charge on any atom is 0.274 e. The van der Waals surface area contributed by atoms with Gasteiger partial charge in [0.15, 0.2) is 11.5 Å². The minimum atomic E-state index is -0.286. The summed E-state index contributed by atoms with van der Waals surface area (Å²) in [4.78, 5) is 12.3. The molecule has 0 aliphatic heterocycles. The smallest absolute Gasteiger partial charge is 0.274 e. The third kappa shape index (κ3) is 5.71. The van der Waals surface area contributed by atoms with Crippen LogP contribution in [0.5, 0.6) is 5.75 Å². The molecule has 0 unspecified atom stereocenters. The summed E-state index contributed by atoms with van der Waals surface area (Å²) >= 11 is 3.52. The SMILES string of the molecule is CCNC(=O)c1noc(-c2cc(CCc3ccccc3)ccc2OCc2ccccc2)c1Br. The number of carbonyl (C=O) groups excluding carboxylic acids is 1. The molecule has 0 atom stereocenters. The van der Waals surface area contributed by atoms with Crippen molar-refractivity contribution in [3.8, 4) is 17.1 Å². The van der Waals surface area contributed by atoms with Gasteiger partial charge in [-0.1, -0.05) is 71.9 Å². The standard InChI is InChI=1S/C27H25BrN2O3/c1-2-29-27(31)25-24(28)26(33-30-25)22-17-20(14-13-19-9-5-3-6-10-19)15-16-23(22)32-18-21-11-7-4-8-12-21/h3-12,15-17H,2,13-14,18H2,1H3,(H,29,31). The molecule has 0 fully saturated rings. The molecule has 5 nitrogen and oxygen atoms in total. The molecule has 3 aromatic carbocycles. The number of halogens is 1. The van der Waals surface area contributed by atoms with Gasteiger partial charge in [0.1, 0.15) is 12.4 Å². The molecule has 1 amide bonds. The summed E-state index contributed by atoms with van der Waals surface area (Å²) in [6, 6.07) is 26.4. The van der Waals surface area contributed by atoms with E-state index in [4.69, 9.17) is 9.26 Å². The Morgan fingerprint density at radius 2 is 1.61 bits per heavy atom. The van der Waals surface area contributed by atoms with Gasteiger partial charge in [-0.25, -0.2) is 0 Å². The van der Waals surface area contributed by atoms with Gasteiger partial charge in [0.2, 0.25) is 0 Å². The Bertz CT molecular complexity index is 1210. The predicted molar refractivity (Wildman–Crippen MR) is 132 cm³/mol. The normalized spacial score (nSPS) is 10.7. The zero-order chi connectivity index (χ0) is 23.0. The summed E-state index contributed by atoms with van der Waals surface area (Å²) < 4.78 is 12.3. The van der Waals surface area contributed by atoms with Crippen LogP contribution < -0.4 is 10.1 Å². The highest BCUT2D eigenvalue weighted by Crippen LogP contribution is 2.38. The lowest BCUT2D eigenvalue weighted by molar-refractivity contribution is 0.0946. The average Bonchev–Trinajstić information content (AvgIpc) is 3.24. The topological polar surface area (TPSA) is 64.4 Å². The van der Waals surface area contributed by atoms with E-state index in [0.717, 1.165) is 29.5 Å². The molecule has 1 heterocycles. The minimum absolute atomic E-state index is 0.218. The molecule has 0 spiro atoms. The van der Waals surface area contributed by atoms with E-state index in [1.807, 2.05) is 49.4 Å². The molecule has 4 aromatic rings. The van der Waals surface area contributed by atoms with E-state index in [9.17, 15) is 4.79 Å². The first-order chi connectivity index (χ1) is 16.2. The molecule has 33 heavy (non-hydrogen) atoms. The van der Waals surface area contributed by atoms with Crippen LogP contribution in [-0.4, -0.2) is 17.6 Å². The summed E-state index contributed by atoms with van der Waals surface area (Å²) in [5.41, 5.74) is 4.46. The first kappa shape index (κ1) is 22.8. The highest BCUT2D eigenvalue weighted by Gasteiger charge is 2.23. The molecule has 0 radical (unpaired) electrons. The number of hydrogen-bond acceptors (Lipinski definition) is 4. The van der Waals surface area contributed by atoms with Gasteiger partial charge in [0, 0.05) is 6.54 Å². The fraction of sp³-hybridized carbons (Fsp3) is 0.185. The molecule has 4 rings (SSSR count). The number of benzene rings is 3. The predicted octanol–water partition coefficient (Wildman–Crippen LogP) is 6.22. The maximum absolute atomic E-state index is 12.3. The van der Waals surface area contributed by atoms with Gasteiger partial charge in [0.05, 0.1) is 10.0 Å². The van der Waals surface area contributed by atoms with Crippen LogP contribution in [0.1, 0.15) is 34.1 Å². The molecule has 1 N–H and O–H groups in total. The van der Waals surface area contributed by atoms with E-state index in [-0.39, 0.29) is 11.6 Å². The Labute approximate surface area is 201 Å². The first-order valence-corrected chi connectivity index (χ1v) is 11.7. The number of carbonyl (C=O) groups is 1. The lowest BCUT2D eigenvalue weighted by Crippen LogP contribution is -2.23. The molecule has 168 valence electrons. The van der Waals surface area contributed by atoms with Crippen LogP contribution in [0.4, 0.5) is 0 Å². The van der Waals surface area contributed by atoms with Gasteiger partial charge in [-0.3, -0.25) is 4.79 Å². The number of nitrogens with zero attached hydrogens (tertiary/aromatic N) is 1. The largest absolute Gasteiger partial charge is 0.488 e. The van der Waals surface area contributed by atoms with Gasteiger partial charge in [0.25, 0.3) is 5.91 Å². The van der Waals surface area contributed by atoms with E-state index >= 15 is 0 Å². The first-order valence-electron chi connectivity index (χ1n) is 10.9. The van der Waals surface area contributed by atoms with E-state index in [2.05, 4.69) is 62.8 Å². The second-order valence-electron chi connectivity index (χ2n) is 7.62. The summed E-state index contributed by atoms with van der Waals surface area (Å²) in [5.74, 6) is 0.855. The number of aromatic nitrogens is 1. The average molecular weight is 505 g/mol. The summed E-state index contributed by atoms with van der Waals surface area (Å²) in [7, 11) is 0. The lowest BCUT2D eigenvalue weighted by atomic mass is 10.0. The van der Waals surface area contributed by atoms with Crippen LogP contribution in [0, 0.1) is 0 Å². The zero-order valence-electron chi connectivity index (χ0n) is 18.4. The van der Waals surface area contributed by atoms with Crippen LogP contribution in [0.15, 0.2) is 87.9 Å². The van der Waals surface area contributed by atoms with Crippen molar-refractivity contribution >= 4 is 21.8 Å². The Kier molecular flexibility index (Phi) is 7.58. The van der Waals surface area contributed by atoms with Crippen molar-refractivity contribution in [3.05, 3.63) is 106 Å². The Morgan fingerprint density at radius 1 is 0.939 bits per heavy atom. The third-order valence-corrected chi connectivity index (χ3v) is 5.99. The molecule has 0 saturated heterocycles. The van der Waals surface area contributed by atoms with Crippen molar-refractivity contribution in [3.63, 3.8) is 0 Å². The highest BCUT2D eigenvalue weighted by molar-refractivity contribution is 9.10. The van der Waals surface area contributed by atoms with Crippen LogP contribution in [-0.2, 0) is 19.4 Å². The van der Waals surface area contributed by atoms with Crippen molar-refractivity contribution in [1.29, 1.82) is 0 Å². The minimum Gasteiger partial charge on any atom is -0.488 e. The summed E-state index contributed by atoms with van der Waals surface area (Å²) in [6.45, 7) is 2.79. The Hall–Kier alpha value is -3.38. The van der Waals surface area contributed by atoms with Gasteiger partial charge in [-0.15, -0.1) is 0 Å². The fourth-order valence-electron chi connectivity index (χ4n) is 3.54. The van der Waals surface area contributed by atoms with E-state index in [1.165, 1.54) is 5.56 Å². The van der Waals surface area contributed by atoms with Crippen molar-refractivity contribution in [2.24, 2.45) is 0 Å². The number of nitrogens with one attached hydrogen (secondary N) is 1. The maximum atomic E-state index is 12.3. The molecule has 1 aromatic heterocycles. The Balaban J connectivity index is 1.64. The fourth-order valence-corrected chi connectivity index (χ4v) is 4.07. The van der Waals surface area contributed by atoms with E-state index in [0.29, 0.717) is 29.1 Å². The van der Waals surface area contributed by atoms with Crippen molar-refractivity contribution in [2.75, 3.05) is 6.54 Å². The summed E-state index contributed by atoms with van der Waals surface area (Å²) in [6.07, 6.45) is 1.79. The third-order valence-electron chi connectivity index (χ3n) is 5.26. The van der Waals surface area contributed by atoms with Crippen LogP contribution in [0.3, 0.4) is 0 Å². The van der Waals surface area contributed by atoms with Crippen LogP contribution in [0.25, 0.3) is 11.3 Å². The Morgan fingerprint density at radius 3 is 2.30 bits per heavy atom. The van der Waals surface area contributed by atoms with Gasteiger partial charge >= 0.3 is 0 Å². The van der Waals surface area contributed by atoms with E-state index < -0.39 is 0 Å². The second-order valence-corrected chi connectivity index (χ2v) is 8.42. The number of hydrogen-bond donors (Lipinski definition) is 1. The van der Waals surface area contributed by atoms with Crippen molar-refractivity contribution in [1.82, 2.24) is 10.5 Å². The number of rotatable bonds is 9. The molecule has 0 aliphatic carbocycles. The molecule has 0 aliphatic rings. The van der Waals surface area contributed by atoms with Crippen molar-refractivity contribution < 1.29 is 14.1 Å². The molecular weight excluding hydrogens is 480 g/mol. The molecule has 6 heteroatoms. The van der Waals surface area contributed by atoms with Gasteiger partial charge in [-0.05, 0) is 64.5 Å². The van der Waals surface area contributed by atoms with Gasteiger partial charge in [-0.2, -0.15) is 0 Å². The quantitative estimate of drug-likeness (QED) is 0.294. The van der Waals surface area contributed by atoms with Crippen LogP contribution in [0.2, 0.25) is 0 Å². The highest BCUT2D eigenvalue weighted by atomic mass is 79.9. The monoisotopic (exact) mass is 504 g/mol. The number of aryl methyl sites for hydroxylation is 2. The second kappa shape index (κ2) is 11.0. The zero-order valence-corrected chi connectivity index (χ0v) is 20.0. The van der Waals surface area contributed by atoms with Crippen molar-refractivity contribution in [2.45, 2.75) is 26.4 Å². The molecule has 0 saturated carbocycles.